The van der Waals surface area contributed by atoms with Gasteiger partial charge in [-0.05, 0) is 24.6 Å². The standard InChI is InChI=1S/C20H21N5O3S/c1-3-21-19(27)23-18(26)17(14-8-5-4-6-9-14)29-20-24-22-13-25(20)15-10-7-11-16(12-15)28-2/h4-13,17H,3H2,1-2H3,(H2,21,23,26,27)/t17-/m0/s1. The minimum absolute atomic E-state index is 0.423. The topological polar surface area (TPSA) is 98.1 Å². The normalized spacial score (nSPS) is 11.5. The second-order valence-corrected chi connectivity index (χ2v) is 7.01. The lowest BCUT2D eigenvalue weighted by Crippen LogP contribution is -2.41. The number of aromatic nitrogens is 3. The first-order valence-corrected chi connectivity index (χ1v) is 9.85. The Morgan fingerprint density at radius 1 is 1.17 bits per heavy atom. The van der Waals surface area contributed by atoms with Crippen molar-refractivity contribution in [3.8, 4) is 11.4 Å². The van der Waals surface area contributed by atoms with E-state index in [9.17, 15) is 9.59 Å². The second kappa shape index (κ2) is 9.74. The lowest BCUT2D eigenvalue weighted by Gasteiger charge is -2.16. The second-order valence-electron chi connectivity index (χ2n) is 5.94. The van der Waals surface area contributed by atoms with E-state index in [1.54, 1.807) is 24.9 Å². The number of nitrogens with one attached hydrogen (secondary N) is 2. The van der Waals surface area contributed by atoms with Gasteiger partial charge in [-0.3, -0.25) is 14.7 Å². The number of ether oxygens (including phenoxy) is 1. The number of carbonyl (C=O) groups is 2. The van der Waals surface area contributed by atoms with Crippen LogP contribution in [-0.4, -0.2) is 40.4 Å². The Morgan fingerprint density at radius 2 is 1.97 bits per heavy atom. The van der Waals surface area contributed by atoms with E-state index in [1.165, 1.54) is 11.8 Å². The Morgan fingerprint density at radius 3 is 2.69 bits per heavy atom. The molecule has 0 fully saturated rings. The Hall–Kier alpha value is -3.33. The van der Waals surface area contributed by atoms with Gasteiger partial charge >= 0.3 is 6.03 Å². The average Bonchev–Trinajstić information content (AvgIpc) is 3.21. The van der Waals surface area contributed by atoms with Gasteiger partial charge in [0.2, 0.25) is 5.91 Å². The van der Waals surface area contributed by atoms with Gasteiger partial charge in [-0.25, -0.2) is 4.79 Å². The molecular weight excluding hydrogens is 390 g/mol. The number of hydrogen-bond acceptors (Lipinski definition) is 6. The Balaban J connectivity index is 1.90. The summed E-state index contributed by atoms with van der Waals surface area (Å²) < 4.78 is 7.05. The highest BCUT2D eigenvalue weighted by Crippen LogP contribution is 2.35. The summed E-state index contributed by atoms with van der Waals surface area (Å²) in [6.07, 6.45) is 1.57. The zero-order valence-electron chi connectivity index (χ0n) is 16.0. The van der Waals surface area contributed by atoms with Gasteiger partial charge in [0, 0.05) is 12.6 Å². The van der Waals surface area contributed by atoms with E-state index >= 15 is 0 Å². The molecule has 29 heavy (non-hydrogen) atoms. The maximum absolute atomic E-state index is 12.8. The largest absolute Gasteiger partial charge is 0.497 e. The van der Waals surface area contributed by atoms with Gasteiger partial charge in [0.1, 0.15) is 17.3 Å². The average molecular weight is 411 g/mol. The maximum Gasteiger partial charge on any atom is 0.321 e. The van der Waals surface area contributed by atoms with Crippen LogP contribution in [0.2, 0.25) is 0 Å². The highest BCUT2D eigenvalue weighted by Gasteiger charge is 2.26. The molecule has 0 unspecified atom stereocenters. The van der Waals surface area contributed by atoms with Gasteiger partial charge in [-0.1, -0.05) is 48.2 Å². The minimum Gasteiger partial charge on any atom is -0.497 e. The van der Waals surface area contributed by atoms with Crippen molar-refractivity contribution in [2.75, 3.05) is 13.7 Å². The molecule has 3 aromatic rings. The summed E-state index contributed by atoms with van der Waals surface area (Å²) in [7, 11) is 1.60. The molecule has 0 spiro atoms. The minimum atomic E-state index is -0.688. The molecule has 2 aromatic carbocycles. The molecule has 3 rings (SSSR count). The number of urea groups is 1. The molecule has 3 amide bonds. The van der Waals surface area contributed by atoms with E-state index < -0.39 is 17.2 Å². The predicted molar refractivity (Wildman–Crippen MR) is 110 cm³/mol. The maximum atomic E-state index is 12.8. The predicted octanol–water partition coefficient (Wildman–Crippen LogP) is 2.96. The molecular formula is C20H21N5O3S. The molecule has 0 aliphatic rings. The monoisotopic (exact) mass is 411 g/mol. The van der Waals surface area contributed by atoms with E-state index in [0.29, 0.717) is 17.5 Å². The number of methoxy groups -OCH3 is 1. The van der Waals surface area contributed by atoms with Crippen molar-refractivity contribution in [3.05, 3.63) is 66.5 Å². The first-order chi connectivity index (χ1) is 14.1. The Labute approximate surface area is 172 Å². The molecule has 0 saturated heterocycles. The van der Waals surface area contributed by atoms with E-state index in [1.807, 2.05) is 54.6 Å². The summed E-state index contributed by atoms with van der Waals surface area (Å²) >= 11 is 1.21. The van der Waals surface area contributed by atoms with Crippen molar-refractivity contribution in [1.29, 1.82) is 0 Å². The molecule has 2 N–H and O–H groups in total. The number of thioether (sulfide) groups is 1. The first kappa shape index (κ1) is 20.4. The number of benzene rings is 2. The van der Waals surface area contributed by atoms with Crippen molar-refractivity contribution in [1.82, 2.24) is 25.4 Å². The summed E-state index contributed by atoms with van der Waals surface area (Å²) in [6.45, 7) is 2.20. The fourth-order valence-corrected chi connectivity index (χ4v) is 3.66. The Kier molecular flexibility index (Phi) is 6.85. The summed E-state index contributed by atoms with van der Waals surface area (Å²) in [5, 5.41) is 12.9. The molecule has 150 valence electrons. The third-order valence-electron chi connectivity index (χ3n) is 3.99. The molecule has 8 nitrogen and oxygen atoms in total. The van der Waals surface area contributed by atoms with E-state index in [2.05, 4.69) is 20.8 Å². The van der Waals surface area contributed by atoms with Crippen LogP contribution in [0.3, 0.4) is 0 Å². The van der Waals surface area contributed by atoms with Crippen LogP contribution in [0.25, 0.3) is 5.69 Å². The summed E-state index contributed by atoms with van der Waals surface area (Å²) in [6, 6.07) is 16.1. The molecule has 1 heterocycles. The van der Waals surface area contributed by atoms with Crippen molar-refractivity contribution < 1.29 is 14.3 Å². The Bertz CT molecular complexity index is 977. The summed E-state index contributed by atoms with van der Waals surface area (Å²) in [5.41, 5.74) is 1.55. The highest BCUT2D eigenvalue weighted by molar-refractivity contribution is 8.00. The van der Waals surface area contributed by atoms with Crippen molar-refractivity contribution in [2.24, 2.45) is 0 Å². The van der Waals surface area contributed by atoms with Gasteiger partial charge < -0.3 is 10.1 Å². The molecule has 0 bridgehead atoms. The van der Waals surface area contributed by atoms with Gasteiger partial charge in [0.05, 0.1) is 12.8 Å². The van der Waals surface area contributed by atoms with Crippen LogP contribution in [-0.2, 0) is 4.79 Å². The van der Waals surface area contributed by atoms with Gasteiger partial charge in [-0.15, -0.1) is 10.2 Å². The molecule has 1 aromatic heterocycles. The van der Waals surface area contributed by atoms with Crippen molar-refractivity contribution >= 4 is 23.7 Å². The van der Waals surface area contributed by atoms with Gasteiger partial charge in [0.15, 0.2) is 5.16 Å². The summed E-state index contributed by atoms with van der Waals surface area (Å²) in [4.78, 5) is 24.7. The fourth-order valence-electron chi connectivity index (χ4n) is 2.63. The number of amides is 3. The third kappa shape index (κ3) is 5.14. The first-order valence-electron chi connectivity index (χ1n) is 8.97. The highest BCUT2D eigenvalue weighted by atomic mass is 32.2. The van der Waals surface area contributed by atoms with Crippen molar-refractivity contribution in [2.45, 2.75) is 17.3 Å². The molecule has 0 radical (unpaired) electrons. The van der Waals surface area contributed by atoms with E-state index in [-0.39, 0.29) is 0 Å². The number of nitrogens with zero attached hydrogens (tertiary/aromatic N) is 3. The van der Waals surface area contributed by atoms with E-state index in [4.69, 9.17) is 4.74 Å². The zero-order valence-corrected chi connectivity index (χ0v) is 16.8. The number of hydrogen-bond donors (Lipinski definition) is 2. The van der Waals surface area contributed by atoms with Crippen LogP contribution in [0.4, 0.5) is 4.79 Å². The van der Waals surface area contributed by atoms with Gasteiger partial charge in [-0.2, -0.15) is 0 Å². The smallest absolute Gasteiger partial charge is 0.321 e. The van der Waals surface area contributed by atoms with Crippen LogP contribution >= 0.6 is 11.8 Å². The van der Waals surface area contributed by atoms with Crippen LogP contribution in [0.15, 0.2) is 66.1 Å². The van der Waals surface area contributed by atoms with E-state index in [0.717, 1.165) is 11.3 Å². The molecule has 0 aliphatic carbocycles. The molecule has 9 heteroatoms. The van der Waals surface area contributed by atoms with Crippen LogP contribution in [0, 0.1) is 0 Å². The quantitative estimate of drug-likeness (QED) is 0.580. The van der Waals surface area contributed by atoms with Crippen LogP contribution in [0.1, 0.15) is 17.7 Å². The lowest BCUT2D eigenvalue weighted by atomic mass is 10.1. The van der Waals surface area contributed by atoms with Crippen LogP contribution in [0.5, 0.6) is 5.75 Å². The zero-order chi connectivity index (χ0) is 20.6. The molecule has 0 aliphatic heterocycles. The number of rotatable bonds is 7. The SMILES string of the molecule is CCNC(=O)NC(=O)[C@@H](Sc1nncn1-c1cccc(OC)c1)c1ccccc1. The third-order valence-corrected chi connectivity index (χ3v) is 5.20. The molecule has 0 saturated carbocycles. The summed E-state index contributed by atoms with van der Waals surface area (Å²) in [5.74, 6) is 0.257. The fraction of sp³-hybridized carbons (Fsp3) is 0.200. The van der Waals surface area contributed by atoms with Crippen LogP contribution < -0.4 is 15.4 Å². The van der Waals surface area contributed by atoms with Crippen molar-refractivity contribution in [3.63, 3.8) is 0 Å². The lowest BCUT2D eigenvalue weighted by molar-refractivity contribution is -0.119. The molecule has 1 atom stereocenters. The number of imide groups is 1. The van der Waals surface area contributed by atoms with Gasteiger partial charge in [0.25, 0.3) is 0 Å². The number of carbonyl (C=O) groups excluding carboxylic acids is 2.